The van der Waals surface area contributed by atoms with Gasteiger partial charge in [-0.15, -0.1) is 0 Å². The summed E-state index contributed by atoms with van der Waals surface area (Å²) in [5.74, 6) is 0.211. The van der Waals surface area contributed by atoms with Crippen molar-refractivity contribution in [2.45, 2.75) is 24.9 Å². The van der Waals surface area contributed by atoms with Gasteiger partial charge in [-0.25, -0.2) is 14.8 Å². The van der Waals surface area contributed by atoms with Crippen molar-refractivity contribution >= 4 is 29.5 Å². The molecule has 0 aromatic carbocycles. The van der Waals surface area contributed by atoms with Crippen LogP contribution in [0, 0.1) is 0 Å². The van der Waals surface area contributed by atoms with E-state index in [-0.39, 0.29) is 51.1 Å². The lowest BCUT2D eigenvalue weighted by atomic mass is 10.2. The molecule has 2 aliphatic heterocycles. The summed E-state index contributed by atoms with van der Waals surface area (Å²) in [6.45, 7) is 0.291. The number of anilines is 1. The number of aromatic amines is 1. The SMILES string of the molecule is O=C(Cn1c2c(c(=O)[nH]c1=O)CSCC2)NCC(=O)N1CCN(c2nccc(C(F)(F)F)n2)CC1. The number of carbonyl (C=O) groups is 2. The Morgan fingerprint density at radius 1 is 1.17 bits per heavy atom. The molecule has 2 aromatic rings. The number of alkyl halides is 3. The molecule has 2 amide bonds. The molecule has 2 aromatic heterocycles. The van der Waals surface area contributed by atoms with Gasteiger partial charge in [0.15, 0.2) is 0 Å². The highest BCUT2D eigenvalue weighted by Crippen LogP contribution is 2.28. The Bertz CT molecular complexity index is 1240. The third kappa shape index (κ3) is 5.66. The maximum absolute atomic E-state index is 12.9. The van der Waals surface area contributed by atoms with E-state index < -0.39 is 29.0 Å². The van der Waals surface area contributed by atoms with Crippen LogP contribution >= 0.6 is 11.8 Å². The molecule has 2 aliphatic rings. The van der Waals surface area contributed by atoms with Crippen LogP contribution in [0.25, 0.3) is 0 Å². The van der Waals surface area contributed by atoms with E-state index in [9.17, 15) is 32.3 Å². The minimum absolute atomic E-state index is 0.0618. The van der Waals surface area contributed by atoms with Crippen LogP contribution in [0.5, 0.6) is 0 Å². The standard InChI is InChI=1S/C20H22F3N7O4S/c21-20(22,23)14-1-3-24-18(26-14)29-6-4-28(5-7-29)16(32)9-25-15(31)10-30-13-2-8-35-11-12(13)17(33)27-19(30)34/h1,3H,2,4-11H2,(H,25,31)(H,27,33,34). The molecule has 188 valence electrons. The Kier molecular flexibility index (Phi) is 7.14. The number of halogens is 3. The maximum Gasteiger partial charge on any atom is 0.433 e. The topological polar surface area (TPSA) is 133 Å². The molecule has 0 atom stereocenters. The van der Waals surface area contributed by atoms with Crippen LogP contribution in [-0.2, 0) is 34.5 Å². The van der Waals surface area contributed by atoms with Crippen molar-refractivity contribution in [1.29, 1.82) is 0 Å². The molecule has 2 N–H and O–H groups in total. The summed E-state index contributed by atoms with van der Waals surface area (Å²) in [6, 6.07) is 0.794. The molecule has 11 nitrogen and oxygen atoms in total. The van der Waals surface area contributed by atoms with Crippen LogP contribution in [0.3, 0.4) is 0 Å². The second-order valence-electron chi connectivity index (χ2n) is 7.96. The van der Waals surface area contributed by atoms with Gasteiger partial charge in [0.25, 0.3) is 5.56 Å². The molecule has 0 spiro atoms. The van der Waals surface area contributed by atoms with Crippen molar-refractivity contribution in [3.05, 3.63) is 50.1 Å². The Labute approximate surface area is 200 Å². The summed E-state index contributed by atoms with van der Waals surface area (Å²) in [5.41, 5.74) is -1.14. The smallest absolute Gasteiger partial charge is 0.345 e. The molecule has 4 heterocycles. The zero-order valence-electron chi connectivity index (χ0n) is 18.4. The highest BCUT2D eigenvalue weighted by atomic mass is 32.2. The fraction of sp³-hybridized carbons (Fsp3) is 0.500. The van der Waals surface area contributed by atoms with E-state index >= 15 is 0 Å². The number of carbonyl (C=O) groups excluding carboxylic acids is 2. The van der Waals surface area contributed by atoms with Crippen molar-refractivity contribution in [1.82, 2.24) is 29.7 Å². The summed E-state index contributed by atoms with van der Waals surface area (Å²) >= 11 is 1.57. The molecular weight excluding hydrogens is 491 g/mol. The molecule has 0 radical (unpaired) electrons. The first-order valence-electron chi connectivity index (χ1n) is 10.8. The number of hydrogen-bond acceptors (Lipinski definition) is 8. The average molecular weight is 514 g/mol. The zero-order valence-corrected chi connectivity index (χ0v) is 19.2. The van der Waals surface area contributed by atoms with Gasteiger partial charge in [-0.2, -0.15) is 24.9 Å². The normalized spacial score (nSPS) is 16.1. The predicted molar refractivity (Wildman–Crippen MR) is 120 cm³/mol. The Hall–Kier alpha value is -3.36. The van der Waals surface area contributed by atoms with Crippen molar-refractivity contribution < 1.29 is 22.8 Å². The Morgan fingerprint density at radius 2 is 1.91 bits per heavy atom. The third-order valence-corrected chi connectivity index (χ3v) is 6.72. The van der Waals surface area contributed by atoms with Crippen molar-refractivity contribution in [3.63, 3.8) is 0 Å². The molecule has 15 heteroatoms. The molecule has 35 heavy (non-hydrogen) atoms. The summed E-state index contributed by atoms with van der Waals surface area (Å²) in [4.78, 5) is 61.9. The molecule has 0 aliphatic carbocycles. The monoisotopic (exact) mass is 513 g/mol. The minimum atomic E-state index is -4.58. The van der Waals surface area contributed by atoms with E-state index in [1.54, 1.807) is 16.7 Å². The quantitative estimate of drug-likeness (QED) is 0.552. The van der Waals surface area contributed by atoms with Crippen LogP contribution in [-0.4, -0.2) is 74.7 Å². The fourth-order valence-electron chi connectivity index (χ4n) is 3.90. The van der Waals surface area contributed by atoms with E-state index in [0.29, 0.717) is 23.4 Å². The number of nitrogens with one attached hydrogen (secondary N) is 2. The number of piperazine rings is 1. The molecule has 0 bridgehead atoms. The minimum Gasteiger partial charge on any atom is -0.345 e. The fourth-order valence-corrected chi connectivity index (χ4v) is 4.89. The average Bonchev–Trinajstić information content (AvgIpc) is 2.85. The molecule has 1 saturated heterocycles. The molecule has 0 unspecified atom stereocenters. The lowest BCUT2D eigenvalue weighted by Crippen LogP contribution is -2.52. The van der Waals surface area contributed by atoms with Crippen LogP contribution < -0.4 is 21.5 Å². The molecule has 1 fully saturated rings. The van der Waals surface area contributed by atoms with Gasteiger partial charge in [0.05, 0.1) is 6.54 Å². The number of fused-ring (bicyclic) bond motifs is 1. The number of rotatable bonds is 5. The number of hydrogen-bond donors (Lipinski definition) is 2. The van der Waals surface area contributed by atoms with E-state index in [4.69, 9.17) is 0 Å². The van der Waals surface area contributed by atoms with Crippen molar-refractivity contribution in [3.8, 4) is 0 Å². The number of amides is 2. The maximum atomic E-state index is 12.9. The third-order valence-electron chi connectivity index (χ3n) is 5.73. The van der Waals surface area contributed by atoms with Crippen LogP contribution in [0.4, 0.5) is 19.1 Å². The first kappa shape index (κ1) is 24.8. The van der Waals surface area contributed by atoms with Gasteiger partial charge >= 0.3 is 11.9 Å². The van der Waals surface area contributed by atoms with Crippen LogP contribution in [0.2, 0.25) is 0 Å². The number of nitrogens with zero attached hydrogens (tertiary/aromatic N) is 5. The first-order valence-corrected chi connectivity index (χ1v) is 11.9. The van der Waals surface area contributed by atoms with E-state index in [1.165, 1.54) is 9.47 Å². The van der Waals surface area contributed by atoms with Crippen LogP contribution in [0.15, 0.2) is 21.9 Å². The summed E-state index contributed by atoms with van der Waals surface area (Å²) < 4.78 is 39.9. The van der Waals surface area contributed by atoms with E-state index in [0.717, 1.165) is 18.0 Å². The number of thioether (sulfide) groups is 1. The summed E-state index contributed by atoms with van der Waals surface area (Å²) in [5, 5.41) is 2.49. The lowest BCUT2D eigenvalue weighted by Gasteiger charge is -2.34. The van der Waals surface area contributed by atoms with Crippen LogP contribution in [0.1, 0.15) is 17.0 Å². The van der Waals surface area contributed by atoms with E-state index in [2.05, 4.69) is 20.3 Å². The summed E-state index contributed by atoms with van der Waals surface area (Å²) in [6.07, 6.45) is -3.04. The predicted octanol–water partition coefficient (Wildman–Crippen LogP) is -0.400. The van der Waals surface area contributed by atoms with E-state index in [1.807, 2.05) is 0 Å². The molecular formula is C20H22F3N7O4S. The first-order chi connectivity index (χ1) is 16.6. The lowest BCUT2D eigenvalue weighted by molar-refractivity contribution is -0.141. The van der Waals surface area contributed by atoms with Gasteiger partial charge < -0.3 is 15.1 Å². The Morgan fingerprint density at radius 3 is 2.63 bits per heavy atom. The number of H-pyrrole nitrogens is 1. The van der Waals surface area contributed by atoms with Gasteiger partial charge in [0, 0.05) is 49.4 Å². The van der Waals surface area contributed by atoms with Crippen molar-refractivity contribution in [2.75, 3.05) is 43.4 Å². The van der Waals surface area contributed by atoms with Gasteiger partial charge in [-0.1, -0.05) is 0 Å². The Balaban J connectivity index is 1.30. The summed E-state index contributed by atoms with van der Waals surface area (Å²) in [7, 11) is 0. The largest absolute Gasteiger partial charge is 0.433 e. The molecule has 0 saturated carbocycles. The van der Waals surface area contributed by atoms with Gasteiger partial charge in [-0.05, 0) is 18.2 Å². The highest BCUT2D eigenvalue weighted by molar-refractivity contribution is 7.98. The van der Waals surface area contributed by atoms with Gasteiger partial charge in [0.2, 0.25) is 17.8 Å². The second kappa shape index (κ2) is 10.1. The number of aromatic nitrogens is 4. The zero-order chi connectivity index (χ0) is 25.2. The second-order valence-corrected chi connectivity index (χ2v) is 9.06. The highest BCUT2D eigenvalue weighted by Gasteiger charge is 2.33. The van der Waals surface area contributed by atoms with Crippen molar-refractivity contribution in [2.24, 2.45) is 0 Å². The van der Waals surface area contributed by atoms with Gasteiger partial charge in [0.1, 0.15) is 12.2 Å². The van der Waals surface area contributed by atoms with Gasteiger partial charge in [-0.3, -0.25) is 23.9 Å². The molecule has 4 rings (SSSR count).